The van der Waals surface area contributed by atoms with E-state index in [4.69, 9.17) is 9.47 Å². The fraction of sp³-hybridized carbons (Fsp3) is 1.00. The Bertz CT molecular complexity index is 132. The molecule has 0 saturated carbocycles. The molecule has 0 rings (SSSR count). The van der Waals surface area contributed by atoms with E-state index in [9.17, 15) is 0 Å². The predicted molar refractivity (Wildman–Crippen MR) is 68.0 cm³/mol. The Hall–Kier alpha value is -0.160. The van der Waals surface area contributed by atoms with Crippen molar-refractivity contribution in [3.05, 3.63) is 0 Å². The molecule has 98 valence electrons. The standard InChI is InChI=1S/C12H28N2O2/c1-13-7-4-9-15-11-6-12-16-10-5-8-14(2)3/h13H,4-12H2,1-3H3. The highest BCUT2D eigenvalue weighted by Crippen LogP contribution is 1.90. The van der Waals surface area contributed by atoms with Crippen molar-refractivity contribution < 1.29 is 9.47 Å². The summed E-state index contributed by atoms with van der Waals surface area (Å²) in [5, 5.41) is 3.09. The molecular weight excluding hydrogens is 204 g/mol. The Balaban J connectivity index is 2.88. The summed E-state index contributed by atoms with van der Waals surface area (Å²) in [6.45, 7) is 5.47. The predicted octanol–water partition coefficient (Wildman–Crippen LogP) is 0.971. The lowest BCUT2D eigenvalue weighted by molar-refractivity contribution is 0.0790. The molecule has 0 spiro atoms. The summed E-state index contributed by atoms with van der Waals surface area (Å²) in [5.41, 5.74) is 0. The van der Waals surface area contributed by atoms with Crippen molar-refractivity contribution in [2.24, 2.45) is 0 Å². The third kappa shape index (κ3) is 13.8. The van der Waals surface area contributed by atoms with E-state index < -0.39 is 0 Å². The van der Waals surface area contributed by atoms with Crippen LogP contribution in [-0.2, 0) is 9.47 Å². The maximum atomic E-state index is 5.49. The van der Waals surface area contributed by atoms with Gasteiger partial charge in [-0.3, -0.25) is 0 Å². The first kappa shape index (κ1) is 15.8. The highest BCUT2D eigenvalue weighted by atomic mass is 16.5. The van der Waals surface area contributed by atoms with E-state index in [-0.39, 0.29) is 0 Å². The van der Waals surface area contributed by atoms with Crippen LogP contribution in [0.5, 0.6) is 0 Å². The monoisotopic (exact) mass is 232 g/mol. The highest BCUT2D eigenvalue weighted by Gasteiger charge is 1.92. The molecule has 0 aliphatic rings. The highest BCUT2D eigenvalue weighted by molar-refractivity contribution is 4.44. The van der Waals surface area contributed by atoms with E-state index in [0.29, 0.717) is 0 Å². The van der Waals surface area contributed by atoms with Crippen molar-refractivity contribution in [2.75, 3.05) is 60.7 Å². The minimum absolute atomic E-state index is 0.817. The summed E-state index contributed by atoms with van der Waals surface area (Å²) < 4.78 is 10.9. The van der Waals surface area contributed by atoms with Gasteiger partial charge in [-0.15, -0.1) is 0 Å². The number of hydrogen-bond acceptors (Lipinski definition) is 4. The molecule has 0 radical (unpaired) electrons. The van der Waals surface area contributed by atoms with Gasteiger partial charge in [-0.2, -0.15) is 0 Å². The first-order valence-electron chi connectivity index (χ1n) is 6.22. The number of rotatable bonds is 12. The van der Waals surface area contributed by atoms with Crippen molar-refractivity contribution >= 4 is 0 Å². The van der Waals surface area contributed by atoms with Crippen molar-refractivity contribution in [2.45, 2.75) is 19.3 Å². The molecular formula is C12H28N2O2. The molecule has 0 aliphatic heterocycles. The van der Waals surface area contributed by atoms with Crippen LogP contribution in [0.25, 0.3) is 0 Å². The van der Waals surface area contributed by atoms with E-state index in [1.165, 1.54) is 0 Å². The zero-order valence-corrected chi connectivity index (χ0v) is 11.1. The number of nitrogens with zero attached hydrogens (tertiary/aromatic N) is 1. The first-order valence-corrected chi connectivity index (χ1v) is 6.22. The van der Waals surface area contributed by atoms with Crippen LogP contribution >= 0.6 is 0 Å². The van der Waals surface area contributed by atoms with Gasteiger partial charge in [0.2, 0.25) is 0 Å². The number of hydrogen-bond donors (Lipinski definition) is 1. The van der Waals surface area contributed by atoms with Crippen molar-refractivity contribution in [3.8, 4) is 0 Å². The molecule has 1 N–H and O–H groups in total. The van der Waals surface area contributed by atoms with E-state index in [2.05, 4.69) is 24.3 Å². The van der Waals surface area contributed by atoms with Crippen LogP contribution in [0, 0.1) is 0 Å². The topological polar surface area (TPSA) is 33.7 Å². The van der Waals surface area contributed by atoms with Gasteiger partial charge in [-0.05, 0) is 53.5 Å². The molecule has 0 heterocycles. The molecule has 0 aliphatic carbocycles. The molecule has 0 aromatic heterocycles. The lowest BCUT2D eigenvalue weighted by Gasteiger charge is -2.09. The average Bonchev–Trinajstić information content (AvgIpc) is 2.25. The van der Waals surface area contributed by atoms with Crippen LogP contribution in [0.3, 0.4) is 0 Å². The first-order chi connectivity index (χ1) is 7.77. The minimum atomic E-state index is 0.817. The average molecular weight is 232 g/mol. The SMILES string of the molecule is CNCCCOCCCOCCCN(C)C. The molecule has 16 heavy (non-hydrogen) atoms. The van der Waals surface area contributed by atoms with Gasteiger partial charge in [-0.25, -0.2) is 0 Å². The normalized spacial score (nSPS) is 11.2. The van der Waals surface area contributed by atoms with Crippen LogP contribution in [0.2, 0.25) is 0 Å². The van der Waals surface area contributed by atoms with Crippen molar-refractivity contribution in [1.29, 1.82) is 0 Å². The molecule has 4 heteroatoms. The van der Waals surface area contributed by atoms with Gasteiger partial charge in [0.15, 0.2) is 0 Å². The Morgan fingerprint density at radius 2 is 1.44 bits per heavy atom. The quantitative estimate of drug-likeness (QED) is 0.508. The lowest BCUT2D eigenvalue weighted by atomic mass is 10.4. The summed E-state index contributed by atoms with van der Waals surface area (Å²) in [4.78, 5) is 2.17. The Morgan fingerprint density at radius 1 is 0.875 bits per heavy atom. The van der Waals surface area contributed by atoms with Gasteiger partial charge < -0.3 is 19.7 Å². The molecule has 0 aromatic carbocycles. The second kappa shape index (κ2) is 12.9. The molecule has 0 atom stereocenters. The molecule has 0 unspecified atom stereocenters. The summed E-state index contributed by atoms with van der Waals surface area (Å²) in [7, 11) is 6.12. The van der Waals surface area contributed by atoms with Gasteiger partial charge in [0.05, 0.1) is 0 Å². The van der Waals surface area contributed by atoms with Crippen molar-refractivity contribution in [3.63, 3.8) is 0 Å². The summed E-state index contributed by atoms with van der Waals surface area (Å²) in [6.07, 6.45) is 3.19. The molecule has 0 bridgehead atoms. The molecule has 0 aromatic rings. The smallest absolute Gasteiger partial charge is 0.0487 e. The van der Waals surface area contributed by atoms with E-state index in [1.807, 2.05) is 7.05 Å². The van der Waals surface area contributed by atoms with E-state index in [1.54, 1.807) is 0 Å². The van der Waals surface area contributed by atoms with E-state index in [0.717, 1.165) is 58.8 Å². The zero-order valence-electron chi connectivity index (χ0n) is 11.1. The molecule has 0 amide bonds. The maximum absolute atomic E-state index is 5.49. The van der Waals surface area contributed by atoms with Crippen LogP contribution in [0.1, 0.15) is 19.3 Å². The Morgan fingerprint density at radius 3 is 2.00 bits per heavy atom. The maximum Gasteiger partial charge on any atom is 0.0487 e. The van der Waals surface area contributed by atoms with Gasteiger partial charge in [-0.1, -0.05) is 0 Å². The third-order valence-corrected chi connectivity index (χ3v) is 2.19. The van der Waals surface area contributed by atoms with Crippen LogP contribution < -0.4 is 5.32 Å². The van der Waals surface area contributed by atoms with Crippen LogP contribution in [0.15, 0.2) is 0 Å². The lowest BCUT2D eigenvalue weighted by Crippen LogP contribution is -2.15. The number of ether oxygens (including phenoxy) is 2. The van der Waals surface area contributed by atoms with Gasteiger partial charge in [0.1, 0.15) is 0 Å². The summed E-state index contributed by atoms with van der Waals surface area (Å²) in [6, 6.07) is 0. The zero-order chi connectivity index (χ0) is 12.1. The van der Waals surface area contributed by atoms with Crippen molar-refractivity contribution in [1.82, 2.24) is 10.2 Å². The van der Waals surface area contributed by atoms with Crippen LogP contribution in [0.4, 0.5) is 0 Å². The van der Waals surface area contributed by atoms with Gasteiger partial charge in [0, 0.05) is 26.4 Å². The summed E-state index contributed by atoms with van der Waals surface area (Å²) in [5.74, 6) is 0. The molecule has 4 nitrogen and oxygen atoms in total. The summed E-state index contributed by atoms with van der Waals surface area (Å²) >= 11 is 0. The largest absolute Gasteiger partial charge is 0.381 e. The minimum Gasteiger partial charge on any atom is -0.381 e. The van der Waals surface area contributed by atoms with Gasteiger partial charge in [0.25, 0.3) is 0 Å². The second-order valence-corrected chi connectivity index (χ2v) is 4.19. The van der Waals surface area contributed by atoms with Crippen LogP contribution in [-0.4, -0.2) is 65.6 Å². The third-order valence-electron chi connectivity index (χ3n) is 2.19. The molecule has 0 saturated heterocycles. The molecule has 0 fully saturated rings. The number of nitrogens with one attached hydrogen (secondary N) is 1. The second-order valence-electron chi connectivity index (χ2n) is 4.19. The van der Waals surface area contributed by atoms with E-state index >= 15 is 0 Å². The van der Waals surface area contributed by atoms with Gasteiger partial charge >= 0.3 is 0 Å². The Labute approximate surface area is 100 Å². The fourth-order valence-electron chi connectivity index (χ4n) is 1.30. The Kier molecular flexibility index (Phi) is 12.8. The fourth-order valence-corrected chi connectivity index (χ4v) is 1.30.